The van der Waals surface area contributed by atoms with Crippen LogP contribution in [0.1, 0.15) is 17.7 Å². The Morgan fingerprint density at radius 3 is 2.77 bits per heavy atom. The first kappa shape index (κ1) is 8.52. The monoisotopic (exact) mass is 191 g/mol. The molecule has 1 heterocycles. The van der Waals surface area contributed by atoms with Gasteiger partial charge in [0.05, 0.1) is 5.69 Å². The van der Waals surface area contributed by atoms with E-state index in [-0.39, 0.29) is 0 Å². The number of hydrogen-bond donors (Lipinski definition) is 0. The molecule has 1 nitrogen and oxygen atoms in total. The Morgan fingerprint density at radius 2 is 2.00 bits per heavy atom. The highest BCUT2D eigenvalue weighted by molar-refractivity contribution is 6.29. The summed E-state index contributed by atoms with van der Waals surface area (Å²) in [5.41, 5.74) is 4.26. The first-order chi connectivity index (χ1) is 6.18. The highest BCUT2D eigenvalue weighted by Crippen LogP contribution is 2.32. The minimum Gasteiger partial charge on any atom is -0.241 e. The summed E-state index contributed by atoms with van der Waals surface area (Å²) in [7, 11) is 0. The van der Waals surface area contributed by atoms with Crippen LogP contribution in [-0.2, 0) is 6.42 Å². The molecule has 1 aromatic heterocycles. The van der Waals surface area contributed by atoms with Gasteiger partial charge in [-0.1, -0.05) is 24.8 Å². The lowest BCUT2D eigenvalue weighted by molar-refractivity contribution is 0.894. The van der Waals surface area contributed by atoms with Crippen LogP contribution in [-0.4, -0.2) is 4.98 Å². The van der Waals surface area contributed by atoms with Crippen LogP contribution in [0.2, 0.25) is 5.15 Å². The average molecular weight is 192 g/mol. The summed E-state index contributed by atoms with van der Waals surface area (Å²) >= 11 is 5.80. The topological polar surface area (TPSA) is 12.9 Å². The van der Waals surface area contributed by atoms with E-state index in [1.165, 1.54) is 0 Å². The highest BCUT2D eigenvalue weighted by Gasteiger charge is 2.16. The maximum absolute atomic E-state index is 5.80. The quantitative estimate of drug-likeness (QED) is 0.574. The second-order valence-corrected chi connectivity index (χ2v) is 3.60. The van der Waals surface area contributed by atoms with Crippen molar-refractivity contribution in [2.24, 2.45) is 0 Å². The molecule has 0 aromatic carbocycles. The summed E-state index contributed by atoms with van der Waals surface area (Å²) in [6.07, 6.45) is 1.87. The Balaban J connectivity index is 2.56. The van der Waals surface area contributed by atoms with Gasteiger partial charge in [-0.2, -0.15) is 0 Å². The molecule has 0 radical (unpaired) electrons. The molecule has 0 N–H and O–H groups in total. The second kappa shape index (κ2) is 3.00. The molecule has 0 saturated carbocycles. The fourth-order valence-electron chi connectivity index (χ4n) is 1.55. The van der Waals surface area contributed by atoms with Gasteiger partial charge in [0.2, 0.25) is 0 Å². The van der Waals surface area contributed by atoms with Crippen molar-refractivity contribution in [1.82, 2.24) is 4.98 Å². The molecule has 2 rings (SSSR count). The zero-order chi connectivity index (χ0) is 9.42. The molecule has 1 aromatic rings. The molecule has 2 heteroatoms. The van der Waals surface area contributed by atoms with Gasteiger partial charge in [0, 0.05) is 5.56 Å². The molecule has 0 fully saturated rings. The van der Waals surface area contributed by atoms with Crippen molar-refractivity contribution in [2.45, 2.75) is 12.8 Å². The SMILES string of the molecule is C=C1CCc2nc(Cl)ccc2C1=C. The molecule has 13 heavy (non-hydrogen) atoms. The molecule has 0 amide bonds. The summed E-state index contributed by atoms with van der Waals surface area (Å²) in [4.78, 5) is 4.26. The summed E-state index contributed by atoms with van der Waals surface area (Å²) in [5, 5.41) is 0.555. The van der Waals surface area contributed by atoms with E-state index in [0.29, 0.717) is 5.15 Å². The van der Waals surface area contributed by atoms with Crippen LogP contribution in [0, 0.1) is 0 Å². The highest BCUT2D eigenvalue weighted by atomic mass is 35.5. The Labute approximate surface area is 82.8 Å². The largest absolute Gasteiger partial charge is 0.241 e. The number of pyridine rings is 1. The molecular formula is C11H10ClN. The lowest BCUT2D eigenvalue weighted by Crippen LogP contribution is -2.05. The van der Waals surface area contributed by atoms with Gasteiger partial charge in [0.25, 0.3) is 0 Å². The molecule has 0 spiro atoms. The van der Waals surface area contributed by atoms with E-state index in [1.807, 2.05) is 6.07 Å². The maximum atomic E-state index is 5.80. The van der Waals surface area contributed by atoms with Crippen molar-refractivity contribution in [3.8, 4) is 0 Å². The number of aryl methyl sites for hydroxylation is 1. The van der Waals surface area contributed by atoms with Gasteiger partial charge >= 0.3 is 0 Å². The van der Waals surface area contributed by atoms with Crippen LogP contribution in [0.4, 0.5) is 0 Å². The van der Waals surface area contributed by atoms with Crippen LogP contribution in [0.5, 0.6) is 0 Å². The fraction of sp³-hybridized carbons (Fsp3) is 0.182. The number of fused-ring (bicyclic) bond motifs is 1. The summed E-state index contributed by atoms with van der Waals surface area (Å²) in [5.74, 6) is 0. The van der Waals surface area contributed by atoms with Crippen LogP contribution < -0.4 is 0 Å². The van der Waals surface area contributed by atoms with Gasteiger partial charge in [-0.05, 0) is 36.1 Å². The van der Waals surface area contributed by atoms with E-state index in [9.17, 15) is 0 Å². The van der Waals surface area contributed by atoms with Crippen LogP contribution in [0.3, 0.4) is 0 Å². The first-order valence-electron chi connectivity index (χ1n) is 4.21. The third-order valence-electron chi connectivity index (χ3n) is 2.36. The average Bonchev–Trinajstić information content (AvgIpc) is 2.12. The van der Waals surface area contributed by atoms with E-state index in [2.05, 4.69) is 18.1 Å². The standard InChI is InChI=1S/C11H10ClN/c1-7-3-5-10-9(8(7)2)4-6-11(12)13-10/h4,6H,1-3,5H2. The van der Waals surface area contributed by atoms with Crippen LogP contribution in [0.15, 0.2) is 30.9 Å². The lowest BCUT2D eigenvalue weighted by atomic mass is 9.88. The second-order valence-electron chi connectivity index (χ2n) is 3.21. The number of hydrogen-bond acceptors (Lipinski definition) is 1. The minimum atomic E-state index is 0.555. The predicted octanol–water partition coefficient (Wildman–Crippen LogP) is 3.25. The Kier molecular flexibility index (Phi) is 1.97. The minimum absolute atomic E-state index is 0.555. The molecule has 0 atom stereocenters. The number of nitrogens with zero attached hydrogens (tertiary/aromatic N) is 1. The zero-order valence-corrected chi connectivity index (χ0v) is 8.06. The normalized spacial score (nSPS) is 15.8. The van der Waals surface area contributed by atoms with E-state index < -0.39 is 0 Å². The third-order valence-corrected chi connectivity index (χ3v) is 2.57. The molecule has 1 aliphatic carbocycles. The van der Waals surface area contributed by atoms with E-state index in [1.54, 1.807) is 6.07 Å². The Hall–Kier alpha value is -1.08. The third kappa shape index (κ3) is 1.40. The molecule has 66 valence electrons. The molecule has 0 bridgehead atoms. The predicted molar refractivity (Wildman–Crippen MR) is 55.7 cm³/mol. The van der Waals surface area contributed by atoms with E-state index in [4.69, 9.17) is 11.6 Å². The summed E-state index contributed by atoms with van der Waals surface area (Å²) in [6, 6.07) is 3.77. The summed E-state index contributed by atoms with van der Waals surface area (Å²) < 4.78 is 0. The smallest absolute Gasteiger partial charge is 0.129 e. The van der Waals surface area contributed by atoms with Crippen molar-refractivity contribution in [3.05, 3.63) is 47.3 Å². The summed E-state index contributed by atoms with van der Waals surface area (Å²) in [6.45, 7) is 7.94. The van der Waals surface area contributed by atoms with E-state index in [0.717, 1.165) is 35.2 Å². The van der Waals surface area contributed by atoms with Gasteiger partial charge < -0.3 is 0 Å². The van der Waals surface area contributed by atoms with Crippen molar-refractivity contribution in [1.29, 1.82) is 0 Å². The van der Waals surface area contributed by atoms with Crippen LogP contribution in [0.25, 0.3) is 5.57 Å². The van der Waals surface area contributed by atoms with Crippen molar-refractivity contribution < 1.29 is 0 Å². The van der Waals surface area contributed by atoms with Crippen molar-refractivity contribution in [3.63, 3.8) is 0 Å². The Bertz CT molecular complexity index is 393. The first-order valence-corrected chi connectivity index (χ1v) is 4.59. The van der Waals surface area contributed by atoms with Crippen molar-refractivity contribution in [2.75, 3.05) is 0 Å². The molecule has 0 saturated heterocycles. The molecule has 0 unspecified atom stereocenters. The zero-order valence-electron chi connectivity index (χ0n) is 7.31. The number of allylic oxidation sites excluding steroid dienone is 2. The van der Waals surface area contributed by atoms with Gasteiger partial charge in [-0.15, -0.1) is 0 Å². The fourth-order valence-corrected chi connectivity index (χ4v) is 1.72. The molecule has 1 aliphatic rings. The molecule has 0 aliphatic heterocycles. The van der Waals surface area contributed by atoms with Gasteiger partial charge in [-0.3, -0.25) is 0 Å². The van der Waals surface area contributed by atoms with Gasteiger partial charge in [0.1, 0.15) is 5.15 Å². The number of rotatable bonds is 0. The van der Waals surface area contributed by atoms with Crippen molar-refractivity contribution >= 4 is 17.2 Å². The van der Waals surface area contributed by atoms with E-state index >= 15 is 0 Å². The Morgan fingerprint density at radius 1 is 1.23 bits per heavy atom. The maximum Gasteiger partial charge on any atom is 0.129 e. The number of aromatic nitrogens is 1. The van der Waals surface area contributed by atoms with Gasteiger partial charge in [-0.25, -0.2) is 4.98 Å². The number of halogens is 1. The lowest BCUT2D eigenvalue weighted by Gasteiger charge is -2.19. The van der Waals surface area contributed by atoms with Gasteiger partial charge in [0.15, 0.2) is 0 Å². The molecular weight excluding hydrogens is 182 g/mol. The van der Waals surface area contributed by atoms with Crippen LogP contribution >= 0.6 is 11.6 Å².